The van der Waals surface area contributed by atoms with Crippen LogP contribution in [0.25, 0.3) is 0 Å². The Kier molecular flexibility index (Phi) is 6.02. The zero-order valence-electron chi connectivity index (χ0n) is 12.6. The molecular weight excluding hydrogens is 268 g/mol. The normalized spacial score (nSPS) is 18.8. The monoisotopic (exact) mass is 292 g/mol. The minimum atomic E-state index is -0.249. The standard InChI is InChI=1S/C16H24N2O3/c1-17(10-11-19)15-8-5-9-18(12-15)16(20)21-13-14-6-3-2-4-7-14/h2-4,6-7,15,19H,5,8-13H2,1H3. The molecule has 1 fully saturated rings. The van der Waals surface area contributed by atoms with E-state index in [1.165, 1.54) is 0 Å². The van der Waals surface area contributed by atoms with Crippen LogP contribution >= 0.6 is 0 Å². The number of piperidine rings is 1. The van der Waals surface area contributed by atoms with Gasteiger partial charge in [0.15, 0.2) is 0 Å². The molecule has 1 aromatic rings. The van der Waals surface area contributed by atoms with Gasteiger partial charge in [0, 0.05) is 25.7 Å². The molecule has 5 heteroatoms. The third kappa shape index (κ3) is 4.72. The predicted octanol–water partition coefficient (Wildman–Crippen LogP) is 1.71. The molecule has 2 rings (SSSR count). The van der Waals surface area contributed by atoms with Crippen molar-refractivity contribution in [2.75, 3.05) is 33.3 Å². The van der Waals surface area contributed by atoms with Crippen molar-refractivity contribution in [1.82, 2.24) is 9.80 Å². The zero-order chi connectivity index (χ0) is 15.1. The molecule has 0 aromatic heterocycles. The van der Waals surface area contributed by atoms with Gasteiger partial charge in [-0.15, -0.1) is 0 Å². The molecule has 1 amide bonds. The van der Waals surface area contributed by atoms with Crippen LogP contribution in [-0.2, 0) is 11.3 Å². The molecule has 0 saturated carbocycles. The van der Waals surface area contributed by atoms with Crippen LogP contribution < -0.4 is 0 Å². The molecule has 0 aliphatic carbocycles. The largest absolute Gasteiger partial charge is 0.445 e. The van der Waals surface area contributed by atoms with Gasteiger partial charge in [-0.1, -0.05) is 30.3 Å². The van der Waals surface area contributed by atoms with E-state index in [4.69, 9.17) is 9.84 Å². The van der Waals surface area contributed by atoms with Crippen molar-refractivity contribution in [2.45, 2.75) is 25.5 Å². The summed E-state index contributed by atoms with van der Waals surface area (Å²) in [5.74, 6) is 0. The first-order valence-corrected chi connectivity index (χ1v) is 7.47. The Morgan fingerprint density at radius 2 is 2.19 bits per heavy atom. The fraction of sp³-hybridized carbons (Fsp3) is 0.562. The summed E-state index contributed by atoms with van der Waals surface area (Å²) in [7, 11) is 1.99. The number of carbonyl (C=O) groups is 1. The van der Waals surface area contributed by atoms with Crippen LogP contribution in [0.1, 0.15) is 18.4 Å². The number of amides is 1. The molecule has 0 spiro atoms. The summed E-state index contributed by atoms with van der Waals surface area (Å²) in [6.45, 7) is 2.51. The van der Waals surface area contributed by atoms with Gasteiger partial charge >= 0.3 is 6.09 Å². The summed E-state index contributed by atoms with van der Waals surface area (Å²) in [6.07, 6.45) is 1.78. The van der Waals surface area contributed by atoms with E-state index in [0.717, 1.165) is 24.9 Å². The van der Waals surface area contributed by atoms with Crippen molar-refractivity contribution < 1.29 is 14.6 Å². The number of hydrogen-bond donors (Lipinski definition) is 1. The van der Waals surface area contributed by atoms with Crippen molar-refractivity contribution >= 4 is 6.09 Å². The van der Waals surface area contributed by atoms with Gasteiger partial charge in [-0.3, -0.25) is 4.90 Å². The van der Waals surface area contributed by atoms with E-state index < -0.39 is 0 Å². The number of rotatable bonds is 5. The van der Waals surface area contributed by atoms with E-state index in [1.807, 2.05) is 37.4 Å². The highest BCUT2D eigenvalue weighted by Gasteiger charge is 2.26. The van der Waals surface area contributed by atoms with Gasteiger partial charge in [-0.2, -0.15) is 0 Å². The minimum absolute atomic E-state index is 0.144. The number of aliphatic hydroxyl groups is 1. The molecule has 1 aromatic carbocycles. The third-order valence-corrected chi connectivity index (χ3v) is 3.94. The first-order chi connectivity index (χ1) is 10.2. The van der Waals surface area contributed by atoms with Crippen LogP contribution in [0.3, 0.4) is 0 Å². The van der Waals surface area contributed by atoms with E-state index in [9.17, 15) is 4.79 Å². The van der Waals surface area contributed by atoms with E-state index in [1.54, 1.807) is 4.90 Å². The summed E-state index contributed by atoms with van der Waals surface area (Å²) in [4.78, 5) is 16.0. The second-order valence-corrected chi connectivity index (χ2v) is 5.49. The lowest BCUT2D eigenvalue weighted by Crippen LogP contribution is -2.49. The fourth-order valence-electron chi connectivity index (χ4n) is 2.63. The summed E-state index contributed by atoms with van der Waals surface area (Å²) in [6, 6.07) is 10.0. The van der Waals surface area contributed by atoms with Crippen molar-refractivity contribution in [3.63, 3.8) is 0 Å². The highest BCUT2D eigenvalue weighted by molar-refractivity contribution is 5.67. The lowest BCUT2D eigenvalue weighted by atomic mass is 10.1. The summed E-state index contributed by atoms with van der Waals surface area (Å²) in [5, 5.41) is 9.01. The Morgan fingerprint density at radius 1 is 1.43 bits per heavy atom. The highest BCUT2D eigenvalue weighted by Crippen LogP contribution is 2.16. The maximum absolute atomic E-state index is 12.1. The van der Waals surface area contributed by atoms with Gasteiger partial charge in [-0.25, -0.2) is 4.79 Å². The molecular formula is C16H24N2O3. The van der Waals surface area contributed by atoms with Crippen molar-refractivity contribution in [2.24, 2.45) is 0 Å². The SMILES string of the molecule is CN(CCO)C1CCCN(C(=O)OCc2ccccc2)C1. The van der Waals surface area contributed by atoms with Crippen LogP contribution in [0, 0.1) is 0 Å². The van der Waals surface area contributed by atoms with Gasteiger partial charge in [-0.05, 0) is 25.5 Å². The molecule has 1 saturated heterocycles. The van der Waals surface area contributed by atoms with Gasteiger partial charge < -0.3 is 14.7 Å². The van der Waals surface area contributed by atoms with Crippen LogP contribution in [-0.4, -0.2) is 60.3 Å². The second kappa shape index (κ2) is 8.00. The second-order valence-electron chi connectivity index (χ2n) is 5.49. The molecule has 21 heavy (non-hydrogen) atoms. The van der Waals surface area contributed by atoms with Crippen LogP contribution in [0.4, 0.5) is 4.79 Å². The topological polar surface area (TPSA) is 53.0 Å². The van der Waals surface area contributed by atoms with E-state index in [0.29, 0.717) is 25.7 Å². The molecule has 1 aliphatic rings. The smallest absolute Gasteiger partial charge is 0.410 e. The zero-order valence-corrected chi connectivity index (χ0v) is 12.6. The summed E-state index contributed by atoms with van der Waals surface area (Å²) >= 11 is 0. The average Bonchev–Trinajstić information content (AvgIpc) is 2.54. The molecule has 1 atom stereocenters. The number of likely N-dealkylation sites (tertiary alicyclic amines) is 1. The first-order valence-electron chi connectivity index (χ1n) is 7.47. The molecule has 1 heterocycles. The molecule has 1 N–H and O–H groups in total. The molecule has 0 bridgehead atoms. The van der Waals surface area contributed by atoms with Crippen molar-refractivity contribution in [3.05, 3.63) is 35.9 Å². The van der Waals surface area contributed by atoms with Crippen molar-refractivity contribution in [3.8, 4) is 0 Å². The first kappa shape index (κ1) is 15.8. The summed E-state index contributed by atoms with van der Waals surface area (Å²) in [5.41, 5.74) is 0.997. The maximum atomic E-state index is 12.1. The number of ether oxygens (including phenoxy) is 1. The van der Waals surface area contributed by atoms with Gasteiger partial charge in [0.25, 0.3) is 0 Å². The van der Waals surface area contributed by atoms with Crippen LogP contribution in [0.2, 0.25) is 0 Å². The highest BCUT2D eigenvalue weighted by atomic mass is 16.6. The lowest BCUT2D eigenvalue weighted by Gasteiger charge is -2.36. The van der Waals surface area contributed by atoms with Crippen molar-refractivity contribution in [1.29, 1.82) is 0 Å². The maximum Gasteiger partial charge on any atom is 0.410 e. The number of benzene rings is 1. The van der Waals surface area contributed by atoms with E-state index >= 15 is 0 Å². The molecule has 116 valence electrons. The molecule has 1 aliphatic heterocycles. The Balaban J connectivity index is 1.81. The van der Waals surface area contributed by atoms with Gasteiger partial charge in [0.1, 0.15) is 6.61 Å². The van der Waals surface area contributed by atoms with E-state index in [-0.39, 0.29) is 12.7 Å². The molecule has 0 radical (unpaired) electrons. The molecule has 5 nitrogen and oxygen atoms in total. The van der Waals surface area contributed by atoms with Crippen LogP contribution in [0.15, 0.2) is 30.3 Å². The Labute approximate surface area is 126 Å². The quantitative estimate of drug-likeness (QED) is 0.897. The number of hydrogen-bond acceptors (Lipinski definition) is 4. The van der Waals surface area contributed by atoms with Crippen LogP contribution in [0.5, 0.6) is 0 Å². The Bertz CT molecular complexity index is 438. The Hall–Kier alpha value is -1.59. The fourth-order valence-corrected chi connectivity index (χ4v) is 2.63. The number of nitrogens with zero attached hydrogens (tertiary/aromatic N) is 2. The third-order valence-electron chi connectivity index (χ3n) is 3.94. The summed E-state index contributed by atoms with van der Waals surface area (Å²) < 4.78 is 5.37. The molecule has 1 unspecified atom stereocenters. The van der Waals surface area contributed by atoms with Gasteiger partial charge in [0.2, 0.25) is 0 Å². The number of carbonyl (C=O) groups excluding carboxylic acids is 1. The predicted molar refractivity (Wildman–Crippen MR) is 80.9 cm³/mol. The van der Waals surface area contributed by atoms with E-state index in [2.05, 4.69) is 4.90 Å². The number of likely N-dealkylation sites (N-methyl/N-ethyl adjacent to an activating group) is 1. The average molecular weight is 292 g/mol. The lowest BCUT2D eigenvalue weighted by molar-refractivity contribution is 0.0631. The Morgan fingerprint density at radius 3 is 2.90 bits per heavy atom. The van der Waals surface area contributed by atoms with Gasteiger partial charge in [0.05, 0.1) is 6.61 Å². The number of aliphatic hydroxyl groups excluding tert-OH is 1. The minimum Gasteiger partial charge on any atom is -0.445 e.